The van der Waals surface area contributed by atoms with Crippen LogP contribution in [0.3, 0.4) is 0 Å². The van der Waals surface area contributed by atoms with E-state index >= 15 is 0 Å². The van der Waals surface area contributed by atoms with Crippen molar-refractivity contribution in [2.45, 2.75) is 39.2 Å². The van der Waals surface area contributed by atoms with Crippen LogP contribution in [-0.4, -0.2) is 35.6 Å². The lowest BCUT2D eigenvalue weighted by Gasteiger charge is -2.35. The summed E-state index contributed by atoms with van der Waals surface area (Å²) in [6.07, 6.45) is 5.58. The van der Waals surface area contributed by atoms with Crippen molar-refractivity contribution in [3.8, 4) is 0 Å². The zero-order valence-electron chi connectivity index (χ0n) is 11.9. The Morgan fingerprint density at radius 3 is 2.84 bits per heavy atom. The highest BCUT2D eigenvalue weighted by atomic mass is 35.5. The maximum absolute atomic E-state index is 5.91. The Morgan fingerprint density at radius 2 is 2.21 bits per heavy atom. The normalized spacial score (nSPS) is 19.3. The summed E-state index contributed by atoms with van der Waals surface area (Å²) in [4.78, 5) is 6.58. The number of hydrogen-bond acceptors (Lipinski definition) is 3. The quantitative estimate of drug-likeness (QED) is 0.835. The molecule has 19 heavy (non-hydrogen) atoms. The second-order valence-corrected chi connectivity index (χ2v) is 5.87. The summed E-state index contributed by atoms with van der Waals surface area (Å²) >= 11 is 5.91. The van der Waals surface area contributed by atoms with Crippen molar-refractivity contribution in [1.82, 2.24) is 9.88 Å². The van der Waals surface area contributed by atoms with Crippen molar-refractivity contribution in [1.29, 1.82) is 0 Å². The van der Waals surface area contributed by atoms with Gasteiger partial charge in [-0.2, -0.15) is 0 Å². The van der Waals surface area contributed by atoms with Gasteiger partial charge in [0.1, 0.15) is 5.15 Å². The highest BCUT2D eigenvalue weighted by Gasteiger charge is 2.23. The molecular formula is C15H24ClN3. The van der Waals surface area contributed by atoms with Crippen molar-refractivity contribution in [3.63, 3.8) is 0 Å². The first-order valence-electron chi connectivity index (χ1n) is 7.29. The van der Waals surface area contributed by atoms with E-state index in [0.29, 0.717) is 11.2 Å². The molecule has 1 N–H and O–H groups in total. The van der Waals surface area contributed by atoms with Gasteiger partial charge in [0.25, 0.3) is 0 Å². The SMILES string of the molecule is CCCN1CCC(C(C)Nc2ccnc(Cl)c2)CC1. The Balaban J connectivity index is 1.82. The molecule has 0 amide bonds. The zero-order valence-corrected chi connectivity index (χ0v) is 12.7. The van der Waals surface area contributed by atoms with Gasteiger partial charge in [0.05, 0.1) is 0 Å². The van der Waals surface area contributed by atoms with Gasteiger partial charge in [-0.1, -0.05) is 18.5 Å². The standard InChI is InChI=1S/C15H24ClN3/c1-3-8-19-9-5-13(6-10-19)12(2)18-14-4-7-17-15(16)11-14/h4,7,11-13H,3,5-6,8-10H2,1-2H3,(H,17,18). The Hall–Kier alpha value is -0.800. The predicted octanol–water partition coefficient (Wildman–Crippen LogP) is 3.66. The number of hydrogen-bond donors (Lipinski definition) is 1. The van der Waals surface area contributed by atoms with E-state index in [4.69, 9.17) is 11.6 Å². The topological polar surface area (TPSA) is 28.2 Å². The number of nitrogens with one attached hydrogen (secondary N) is 1. The molecule has 0 radical (unpaired) electrons. The van der Waals surface area contributed by atoms with E-state index in [1.807, 2.05) is 12.1 Å². The van der Waals surface area contributed by atoms with Gasteiger partial charge in [0.15, 0.2) is 0 Å². The van der Waals surface area contributed by atoms with Gasteiger partial charge < -0.3 is 10.2 Å². The van der Waals surface area contributed by atoms with Gasteiger partial charge in [-0.05, 0) is 63.9 Å². The van der Waals surface area contributed by atoms with Gasteiger partial charge in [-0.15, -0.1) is 0 Å². The van der Waals surface area contributed by atoms with E-state index in [9.17, 15) is 0 Å². The van der Waals surface area contributed by atoms with Crippen molar-refractivity contribution in [2.24, 2.45) is 5.92 Å². The molecule has 0 spiro atoms. The lowest BCUT2D eigenvalue weighted by atomic mass is 9.90. The Labute approximate surface area is 121 Å². The fourth-order valence-corrected chi connectivity index (χ4v) is 3.04. The van der Waals surface area contributed by atoms with E-state index in [-0.39, 0.29) is 0 Å². The maximum Gasteiger partial charge on any atom is 0.131 e. The third-order valence-corrected chi connectivity index (χ3v) is 4.21. The van der Waals surface area contributed by atoms with Crippen LogP contribution < -0.4 is 5.32 Å². The zero-order chi connectivity index (χ0) is 13.7. The van der Waals surface area contributed by atoms with Crippen LogP contribution in [-0.2, 0) is 0 Å². The average Bonchev–Trinajstić information content (AvgIpc) is 2.40. The smallest absolute Gasteiger partial charge is 0.131 e. The van der Waals surface area contributed by atoms with E-state index in [0.717, 1.165) is 11.6 Å². The molecule has 2 heterocycles. The minimum atomic E-state index is 0.488. The summed E-state index contributed by atoms with van der Waals surface area (Å²) < 4.78 is 0. The van der Waals surface area contributed by atoms with Crippen molar-refractivity contribution >= 4 is 17.3 Å². The summed E-state index contributed by atoms with van der Waals surface area (Å²) in [6.45, 7) is 8.25. The predicted molar refractivity (Wildman–Crippen MR) is 81.8 cm³/mol. The summed E-state index contributed by atoms with van der Waals surface area (Å²) in [6, 6.07) is 4.36. The molecule has 0 aliphatic carbocycles. The minimum absolute atomic E-state index is 0.488. The molecule has 106 valence electrons. The molecule has 1 saturated heterocycles. The number of likely N-dealkylation sites (tertiary alicyclic amines) is 1. The Morgan fingerprint density at radius 1 is 1.47 bits per heavy atom. The van der Waals surface area contributed by atoms with Crippen molar-refractivity contribution in [2.75, 3.05) is 25.0 Å². The lowest BCUT2D eigenvalue weighted by Crippen LogP contribution is -2.39. The summed E-state index contributed by atoms with van der Waals surface area (Å²) in [5.74, 6) is 0.750. The number of halogens is 1. The molecule has 1 unspecified atom stereocenters. The molecule has 1 aromatic heterocycles. The highest BCUT2D eigenvalue weighted by Crippen LogP contribution is 2.23. The fourth-order valence-electron chi connectivity index (χ4n) is 2.87. The average molecular weight is 282 g/mol. The number of aromatic nitrogens is 1. The molecule has 0 aromatic carbocycles. The van der Waals surface area contributed by atoms with Crippen LogP contribution in [0.15, 0.2) is 18.3 Å². The molecule has 1 fully saturated rings. The van der Waals surface area contributed by atoms with Crippen molar-refractivity contribution < 1.29 is 0 Å². The van der Waals surface area contributed by atoms with Gasteiger partial charge in [-0.3, -0.25) is 0 Å². The third kappa shape index (κ3) is 4.36. The van der Waals surface area contributed by atoms with E-state index in [2.05, 4.69) is 29.0 Å². The third-order valence-electron chi connectivity index (χ3n) is 4.00. The number of nitrogens with zero attached hydrogens (tertiary/aromatic N) is 2. The highest BCUT2D eigenvalue weighted by molar-refractivity contribution is 6.29. The number of anilines is 1. The second kappa shape index (κ2) is 7.11. The molecular weight excluding hydrogens is 258 g/mol. The van der Waals surface area contributed by atoms with E-state index in [1.54, 1.807) is 6.20 Å². The van der Waals surface area contributed by atoms with Crippen LogP contribution in [0.4, 0.5) is 5.69 Å². The monoisotopic (exact) mass is 281 g/mol. The molecule has 1 atom stereocenters. The Bertz CT molecular complexity index is 389. The molecule has 0 bridgehead atoms. The first-order chi connectivity index (χ1) is 9.19. The molecule has 2 rings (SSSR count). The fraction of sp³-hybridized carbons (Fsp3) is 0.667. The van der Waals surface area contributed by atoms with Crippen LogP contribution in [0, 0.1) is 5.92 Å². The number of piperidine rings is 1. The molecule has 3 nitrogen and oxygen atoms in total. The first-order valence-corrected chi connectivity index (χ1v) is 7.67. The minimum Gasteiger partial charge on any atom is -0.382 e. The number of pyridine rings is 1. The maximum atomic E-state index is 5.91. The van der Waals surface area contributed by atoms with Crippen LogP contribution in [0.25, 0.3) is 0 Å². The summed E-state index contributed by atoms with van der Waals surface area (Å²) in [5, 5.41) is 4.11. The van der Waals surface area contributed by atoms with Gasteiger partial charge in [0.2, 0.25) is 0 Å². The number of rotatable bonds is 5. The molecule has 1 aliphatic rings. The lowest BCUT2D eigenvalue weighted by molar-refractivity contribution is 0.176. The largest absolute Gasteiger partial charge is 0.382 e. The van der Waals surface area contributed by atoms with Gasteiger partial charge in [-0.25, -0.2) is 4.98 Å². The second-order valence-electron chi connectivity index (χ2n) is 5.48. The van der Waals surface area contributed by atoms with E-state index in [1.165, 1.54) is 38.9 Å². The van der Waals surface area contributed by atoms with Crippen LogP contribution >= 0.6 is 11.6 Å². The Kier molecular flexibility index (Phi) is 5.46. The van der Waals surface area contributed by atoms with E-state index < -0.39 is 0 Å². The molecule has 0 saturated carbocycles. The van der Waals surface area contributed by atoms with Crippen LogP contribution in [0.2, 0.25) is 5.15 Å². The first kappa shape index (κ1) is 14.6. The molecule has 1 aliphatic heterocycles. The van der Waals surface area contributed by atoms with Crippen LogP contribution in [0.1, 0.15) is 33.1 Å². The van der Waals surface area contributed by atoms with Crippen LogP contribution in [0.5, 0.6) is 0 Å². The van der Waals surface area contributed by atoms with Gasteiger partial charge in [0, 0.05) is 17.9 Å². The summed E-state index contributed by atoms with van der Waals surface area (Å²) in [5.41, 5.74) is 1.07. The van der Waals surface area contributed by atoms with Crippen molar-refractivity contribution in [3.05, 3.63) is 23.5 Å². The van der Waals surface area contributed by atoms with Gasteiger partial charge >= 0.3 is 0 Å². The summed E-state index contributed by atoms with van der Waals surface area (Å²) in [7, 11) is 0. The molecule has 4 heteroatoms. The molecule has 1 aromatic rings.